The maximum Gasteiger partial charge on any atom is 0.226 e. The van der Waals surface area contributed by atoms with Crippen molar-refractivity contribution in [3.8, 4) is 11.6 Å². The summed E-state index contributed by atoms with van der Waals surface area (Å²) in [4.78, 5) is 8.66. The van der Waals surface area contributed by atoms with Crippen LogP contribution in [0.2, 0.25) is 5.15 Å². The van der Waals surface area contributed by atoms with Crippen LogP contribution < -0.4 is 4.74 Å². The Morgan fingerprint density at radius 1 is 1.32 bits per heavy atom. The maximum atomic E-state index is 6.11. The summed E-state index contributed by atoms with van der Waals surface area (Å²) in [6.07, 6.45) is 1.75. The summed E-state index contributed by atoms with van der Waals surface area (Å²) >= 11 is 9.52. The molecule has 0 saturated heterocycles. The second-order valence-electron chi connectivity index (χ2n) is 4.17. The molecule has 0 atom stereocenters. The van der Waals surface area contributed by atoms with E-state index in [0.717, 1.165) is 28.6 Å². The van der Waals surface area contributed by atoms with E-state index in [1.165, 1.54) is 0 Å². The fourth-order valence-electron chi connectivity index (χ4n) is 1.59. The van der Waals surface area contributed by atoms with Gasteiger partial charge in [-0.25, -0.2) is 4.98 Å². The van der Waals surface area contributed by atoms with Gasteiger partial charge in [-0.2, -0.15) is 4.98 Å². The van der Waals surface area contributed by atoms with Crippen LogP contribution in [0.15, 0.2) is 28.7 Å². The number of rotatable bonds is 4. The molecule has 3 nitrogen and oxygen atoms in total. The van der Waals surface area contributed by atoms with Crippen molar-refractivity contribution in [3.63, 3.8) is 0 Å². The molecule has 0 bridgehead atoms. The van der Waals surface area contributed by atoms with E-state index in [0.29, 0.717) is 16.9 Å². The Morgan fingerprint density at radius 3 is 2.79 bits per heavy atom. The predicted octanol–water partition coefficient (Wildman–Crippen LogP) is 4.95. The SMILES string of the molecule is CCCc1nc(Cl)c(C)c(Oc2cccc(Br)c2)n1. The second-order valence-corrected chi connectivity index (χ2v) is 5.44. The van der Waals surface area contributed by atoms with Gasteiger partial charge in [-0.3, -0.25) is 0 Å². The molecule has 2 rings (SSSR count). The standard InChI is InChI=1S/C14H14BrClN2O/c1-3-5-12-17-13(16)9(2)14(18-12)19-11-7-4-6-10(15)8-11/h4,6-8H,3,5H2,1-2H3. The molecule has 2 aromatic rings. The van der Waals surface area contributed by atoms with Crippen LogP contribution in [0.4, 0.5) is 0 Å². The molecule has 0 aliphatic carbocycles. The van der Waals surface area contributed by atoms with E-state index >= 15 is 0 Å². The quantitative estimate of drug-likeness (QED) is 0.738. The van der Waals surface area contributed by atoms with E-state index in [1.807, 2.05) is 31.2 Å². The highest BCUT2D eigenvalue weighted by atomic mass is 79.9. The lowest BCUT2D eigenvalue weighted by Gasteiger charge is -2.10. The smallest absolute Gasteiger partial charge is 0.226 e. The molecule has 100 valence electrons. The van der Waals surface area contributed by atoms with E-state index in [4.69, 9.17) is 16.3 Å². The van der Waals surface area contributed by atoms with Gasteiger partial charge in [0.15, 0.2) is 0 Å². The summed E-state index contributed by atoms with van der Waals surface area (Å²) in [5.41, 5.74) is 0.751. The van der Waals surface area contributed by atoms with E-state index < -0.39 is 0 Å². The van der Waals surface area contributed by atoms with Crippen molar-refractivity contribution in [2.75, 3.05) is 0 Å². The van der Waals surface area contributed by atoms with Crippen LogP contribution in [0.5, 0.6) is 11.6 Å². The van der Waals surface area contributed by atoms with Crippen LogP contribution in [-0.2, 0) is 6.42 Å². The van der Waals surface area contributed by atoms with Gasteiger partial charge in [-0.1, -0.05) is 40.5 Å². The molecule has 0 radical (unpaired) electrons. The zero-order valence-corrected chi connectivity index (χ0v) is 13.1. The number of nitrogens with zero attached hydrogens (tertiary/aromatic N) is 2. The van der Waals surface area contributed by atoms with Gasteiger partial charge in [0.2, 0.25) is 5.88 Å². The van der Waals surface area contributed by atoms with E-state index in [9.17, 15) is 0 Å². The first kappa shape index (κ1) is 14.3. The molecule has 1 aromatic heterocycles. The van der Waals surface area contributed by atoms with E-state index in [2.05, 4.69) is 32.8 Å². The molecular weight excluding hydrogens is 328 g/mol. The predicted molar refractivity (Wildman–Crippen MR) is 80.0 cm³/mol. The highest BCUT2D eigenvalue weighted by Crippen LogP contribution is 2.28. The number of hydrogen-bond acceptors (Lipinski definition) is 3. The minimum Gasteiger partial charge on any atom is -0.439 e. The van der Waals surface area contributed by atoms with Gasteiger partial charge in [0.25, 0.3) is 0 Å². The zero-order chi connectivity index (χ0) is 13.8. The normalized spacial score (nSPS) is 10.5. The summed E-state index contributed by atoms with van der Waals surface area (Å²) in [5.74, 6) is 1.94. The molecule has 0 aliphatic heterocycles. The number of halogens is 2. The molecule has 1 heterocycles. The molecule has 0 saturated carbocycles. The lowest BCUT2D eigenvalue weighted by atomic mass is 10.3. The third-order valence-corrected chi connectivity index (χ3v) is 3.43. The summed E-state index contributed by atoms with van der Waals surface area (Å²) in [6, 6.07) is 7.61. The van der Waals surface area contributed by atoms with Gasteiger partial charge in [-0.15, -0.1) is 0 Å². The Balaban J connectivity index is 2.33. The Kier molecular flexibility index (Phi) is 4.77. The molecular formula is C14H14BrClN2O. The second kappa shape index (κ2) is 6.35. The first-order chi connectivity index (χ1) is 9.10. The molecule has 0 amide bonds. The van der Waals surface area contributed by atoms with Gasteiger partial charge in [0.05, 0.1) is 0 Å². The van der Waals surface area contributed by atoms with Crippen molar-refractivity contribution in [1.29, 1.82) is 0 Å². The number of ether oxygens (including phenoxy) is 1. The van der Waals surface area contributed by atoms with Crippen molar-refractivity contribution >= 4 is 27.5 Å². The first-order valence-electron chi connectivity index (χ1n) is 6.06. The van der Waals surface area contributed by atoms with E-state index in [1.54, 1.807) is 0 Å². The molecule has 0 unspecified atom stereocenters. The Bertz CT molecular complexity index is 590. The monoisotopic (exact) mass is 340 g/mol. The first-order valence-corrected chi connectivity index (χ1v) is 7.23. The van der Waals surface area contributed by atoms with E-state index in [-0.39, 0.29) is 0 Å². The van der Waals surface area contributed by atoms with Crippen LogP contribution >= 0.6 is 27.5 Å². The van der Waals surface area contributed by atoms with Crippen LogP contribution in [0, 0.1) is 6.92 Å². The summed E-state index contributed by atoms with van der Waals surface area (Å²) < 4.78 is 6.75. The number of aryl methyl sites for hydroxylation is 1. The Morgan fingerprint density at radius 2 is 2.11 bits per heavy atom. The largest absolute Gasteiger partial charge is 0.439 e. The van der Waals surface area contributed by atoms with Gasteiger partial charge in [0.1, 0.15) is 16.7 Å². The Labute approximate surface area is 126 Å². The average molecular weight is 342 g/mol. The molecule has 0 fully saturated rings. The maximum absolute atomic E-state index is 6.11. The van der Waals surface area contributed by atoms with Gasteiger partial charge in [0, 0.05) is 16.5 Å². The van der Waals surface area contributed by atoms with Crippen molar-refractivity contribution in [2.24, 2.45) is 0 Å². The highest BCUT2D eigenvalue weighted by Gasteiger charge is 2.11. The third kappa shape index (κ3) is 3.67. The van der Waals surface area contributed by atoms with Crippen LogP contribution in [0.25, 0.3) is 0 Å². The third-order valence-electron chi connectivity index (χ3n) is 2.57. The summed E-state index contributed by atoms with van der Waals surface area (Å²) in [5, 5.41) is 0.448. The minimum atomic E-state index is 0.448. The fraction of sp³-hybridized carbons (Fsp3) is 0.286. The van der Waals surface area contributed by atoms with Crippen molar-refractivity contribution in [3.05, 3.63) is 45.3 Å². The van der Waals surface area contributed by atoms with Crippen LogP contribution in [0.1, 0.15) is 24.7 Å². The number of benzene rings is 1. The summed E-state index contributed by atoms with van der Waals surface area (Å²) in [7, 11) is 0. The molecule has 1 aromatic carbocycles. The topological polar surface area (TPSA) is 35.0 Å². The lowest BCUT2D eigenvalue weighted by Crippen LogP contribution is -2.01. The molecule has 0 aliphatic rings. The van der Waals surface area contributed by atoms with Crippen molar-refractivity contribution < 1.29 is 4.74 Å². The van der Waals surface area contributed by atoms with Crippen LogP contribution in [-0.4, -0.2) is 9.97 Å². The van der Waals surface area contributed by atoms with Gasteiger partial charge < -0.3 is 4.74 Å². The molecule has 19 heavy (non-hydrogen) atoms. The highest BCUT2D eigenvalue weighted by molar-refractivity contribution is 9.10. The number of hydrogen-bond donors (Lipinski definition) is 0. The van der Waals surface area contributed by atoms with Crippen molar-refractivity contribution in [2.45, 2.75) is 26.7 Å². The van der Waals surface area contributed by atoms with Crippen LogP contribution in [0.3, 0.4) is 0 Å². The van der Waals surface area contributed by atoms with Gasteiger partial charge >= 0.3 is 0 Å². The molecule has 0 N–H and O–H groups in total. The Hall–Kier alpha value is -1.13. The number of aromatic nitrogens is 2. The summed E-state index contributed by atoms with van der Waals surface area (Å²) in [6.45, 7) is 3.93. The average Bonchev–Trinajstić information content (AvgIpc) is 2.36. The fourth-order valence-corrected chi connectivity index (χ4v) is 2.14. The minimum absolute atomic E-state index is 0.448. The lowest BCUT2D eigenvalue weighted by molar-refractivity contribution is 0.453. The van der Waals surface area contributed by atoms with Crippen molar-refractivity contribution in [1.82, 2.24) is 9.97 Å². The van der Waals surface area contributed by atoms with Gasteiger partial charge in [-0.05, 0) is 31.5 Å². The zero-order valence-electron chi connectivity index (χ0n) is 10.8. The molecule has 5 heteroatoms. The molecule has 0 spiro atoms.